The lowest BCUT2D eigenvalue weighted by molar-refractivity contribution is 0.213. The molecule has 0 aliphatic heterocycles. The van der Waals surface area contributed by atoms with Gasteiger partial charge in [-0.25, -0.2) is 4.68 Å². The van der Waals surface area contributed by atoms with Crippen molar-refractivity contribution < 1.29 is 9.84 Å². The van der Waals surface area contributed by atoms with Gasteiger partial charge in [0.05, 0.1) is 18.5 Å². The maximum atomic E-state index is 11.0. The molecule has 1 atom stereocenters. The second kappa shape index (κ2) is 6.37. The first-order valence-corrected chi connectivity index (χ1v) is 8.65. The van der Waals surface area contributed by atoms with Crippen molar-refractivity contribution in [2.24, 2.45) is 0 Å². The van der Waals surface area contributed by atoms with Crippen molar-refractivity contribution in [1.82, 2.24) is 9.78 Å². The molecule has 4 nitrogen and oxygen atoms in total. The fourth-order valence-corrected chi connectivity index (χ4v) is 3.34. The fourth-order valence-electron chi connectivity index (χ4n) is 3.34. The Balaban J connectivity index is 1.66. The van der Waals surface area contributed by atoms with Gasteiger partial charge in [0.15, 0.2) is 0 Å². The van der Waals surface area contributed by atoms with Crippen LogP contribution in [0, 0.1) is 6.92 Å². The van der Waals surface area contributed by atoms with Crippen LogP contribution >= 0.6 is 0 Å². The second-order valence-electron chi connectivity index (χ2n) is 6.64. The molecule has 0 radical (unpaired) electrons. The summed E-state index contributed by atoms with van der Waals surface area (Å²) in [6.07, 6.45) is 3.61. The van der Waals surface area contributed by atoms with E-state index in [1.807, 2.05) is 36.5 Å². The van der Waals surface area contributed by atoms with Gasteiger partial charge in [-0.05, 0) is 72.7 Å². The molecule has 3 aromatic rings. The zero-order valence-corrected chi connectivity index (χ0v) is 14.5. The smallest absolute Gasteiger partial charge is 0.123 e. The van der Waals surface area contributed by atoms with E-state index in [4.69, 9.17) is 4.74 Å². The third-order valence-electron chi connectivity index (χ3n) is 4.88. The van der Waals surface area contributed by atoms with Crippen LogP contribution in [0.25, 0.3) is 5.69 Å². The minimum atomic E-state index is -0.698. The summed E-state index contributed by atoms with van der Waals surface area (Å²) < 4.78 is 6.98. The average Bonchev–Trinajstić information content (AvgIpc) is 3.37. The Morgan fingerprint density at radius 3 is 2.56 bits per heavy atom. The van der Waals surface area contributed by atoms with E-state index in [0.717, 1.165) is 22.6 Å². The van der Waals surface area contributed by atoms with Gasteiger partial charge < -0.3 is 9.84 Å². The van der Waals surface area contributed by atoms with E-state index in [-0.39, 0.29) is 0 Å². The maximum Gasteiger partial charge on any atom is 0.123 e. The highest BCUT2D eigenvalue weighted by Crippen LogP contribution is 2.44. The third-order valence-corrected chi connectivity index (χ3v) is 4.88. The number of methoxy groups -OCH3 is 1. The molecule has 1 unspecified atom stereocenters. The van der Waals surface area contributed by atoms with Gasteiger partial charge in [0.1, 0.15) is 11.9 Å². The molecule has 4 rings (SSSR count). The number of nitrogens with zero attached hydrogens (tertiary/aromatic N) is 2. The van der Waals surface area contributed by atoms with Crippen molar-refractivity contribution in [2.45, 2.75) is 31.8 Å². The molecule has 2 aromatic carbocycles. The van der Waals surface area contributed by atoms with Crippen LogP contribution in [0.3, 0.4) is 0 Å². The quantitative estimate of drug-likeness (QED) is 0.762. The molecule has 1 N–H and O–H groups in total. The molecular weight excluding hydrogens is 312 g/mol. The minimum Gasteiger partial charge on any atom is -0.497 e. The highest BCUT2D eigenvalue weighted by molar-refractivity contribution is 5.43. The molecule has 128 valence electrons. The van der Waals surface area contributed by atoms with Gasteiger partial charge >= 0.3 is 0 Å². The highest BCUT2D eigenvalue weighted by Gasteiger charge is 2.29. The molecule has 1 aliphatic rings. The molecular formula is C21H22N2O2. The van der Waals surface area contributed by atoms with Crippen molar-refractivity contribution in [3.05, 3.63) is 77.1 Å². The fraction of sp³-hybridized carbons (Fsp3) is 0.286. The number of aryl methyl sites for hydroxylation is 1. The molecule has 1 aliphatic carbocycles. The number of rotatable bonds is 5. The molecule has 25 heavy (non-hydrogen) atoms. The SMILES string of the molecule is COc1ccc(-n2ccc(C(O)c3c(C)cccc3C3CC3)n2)cc1. The largest absolute Gasteiger partial charge is 0.497 e. The Kier molecular flexibility index (Phi) is 4.06. The number of hydrogen-bond acceptors (Lipinski definition) is 3. The van der Waals surface area contributed by atoms with E-state index in [2.05, 4.69) is 30.2 Å². The van der Waals surface area contributed by atoms with Crippen LogP contribution in [0.15, 0.2) is 54.7 Å². The molecule has 0 amide bonds. The summed E-state index contributed by atoms with van der Waals surface area (Å²) in [5, 5.41) is 15.6. The molecule has 1 fully saturated rings. The van der Waals surface area contributed by atoms with Gasteiger partial charge in [-0.2, -0.15) is 5.10 Å². The van der Waals surface area contributed by atoms with Gasteiger partial charge in [0.25, 0.3) is 0 Å². The first-order valence-electron chi connectivity index (χ1n) is 8.65. The number of aliphatic hydroxyl groups excluding tert-OH is 1. The van der Waals surface area contributed by atoms with Crippen molar-refractivity contribution >= 4 is 0 Å². The lowest BCUT2D eigenvalue weighted by atomic mass is 9.93. The average molecular weight is 334 g/mol. The van der Waals surface area contributed by atoms with Crippen molar-refractivity contribution in [3.8, 4) is 11.4 Å². The van der Waals surface area contributed by atoms with Gasteiger partial charge in [-0.3, -0.25) is 0 Å². The normalized spacial score (nSPS) is 15.2. The maximum absolute atomic E-state index is 11.0. The van der Waals surface area contributed by atoms with Gasteiger partial charge in [0, 0.05) is 6.20 Å². The van der Waals surface area contributed by atoms with E-state index in [0.29, 0.717) is 11.6 Å². The summed E-state index contributed by atoms with van der Waals surface area (Å²) in [6, 6.07) is 15.9. The highest BCUT2D eigenvalue weighted by atomic mass is 16.5. The predicted octanol–water partition coefficient (Wildman–Crippen LogP) is 4.15. The zero-order chi connectivity index (χ0) is 17.4. The summed E-state index contributed by atoms with van der Waals surface area (Å²) in [7, 11) is 1.65. The Morgan fingerprint density at radius 1 is 1.12 bits per heavy atom. The summed E-state index contributed by atoms with van der Waals surface area (Å²) in [4.78, 5) is 0. The van der Waals surface area contributed by atoms with Crippen LogP contribution in [-0.2, 0) is 0 Å². The van der Waals surface area contributed by atoms with Crippen LogP contribution in [0.1, 0.15) is 47.2 Å². The summed E-state index contributed by atoms with van der Waals surface area (Å²) in [5.74, 6) is 1.40. The zero-order valence-electron chi connectivity index (χ0n) is 14.5. The van der Waals surface area contributed by atoms with Crippen molar-refractivity contribution in [2.75, 3.05) is 7.11 Å². The number of benzene rings is 2. The topological polar surface area (TPSA) is 47.3 Å². The van der Waals surface area contributed by atoms with E-state index >= 15 is 0 Å². The molecule has 1 saturated carbocycles. The van der Waals surface area contributed by atoms with E-state index in [1.54, 1.807) is 11.8 Å². The van der Waals surface area contributed by atoms with Gasteiger partial charge in [-0.15, -0.1) is 0 Å². The minimum absolute atomic E-state index is 0.591. The first kappa shape index (κ1) is 15.9. The molecule has 1 heterocycles. The Labute approximate surface area is 147 Å². The third kappa shape index (κ3) is 3.05. The number of aliphatic hydroxyl groups is 1. The molecule has 0 spiro atoms. The number of aromatic nitrogens is 2. The molecule has 4 heteroatoms. The molecule has 0 bridgehead atoms. The Bertz CT molecular complexity index is 879. The Morgan fingerprint density at radius 2 is 1.88 bits per heavy atom. The standard InChI is InChI=1S/C21H22N2O2/c1-14-4-3-5-18(15-6-7-15)20(14)21(24)19-12-13-23(22-19)16-8-10-17(25-2)11-9-16/h3-5,8-13,15,21,24H,6-7H2,1-2H3. The monoisotopic (exact) mass is 334 g/mol. The van der Waals surface area contributed by atoms with Crippen LogP contribution in [-0.4, -0.2) is 22.0 Å². The molecule has 1 aromatic heterocycles. The number of hydrogen-bond donors (Lipinski definition) is 1. The summed E-state index contributed by atoms with van der Waals surface area (Å²) in [6.45, 7) is 2.06. The van der Waals surface area contributed by atoms with Crippen LogP contribution < -0.4 is 4.74 Å². The van der Waals surface area contributed by atoms with Crippen LogP contribution in [0.5, 0.6) is 5.75 Å². The Hall–Kier alpha value is -2.59. The van der Waals surface area contributed by atoms with E-state index < -0.39 is 6.10 Å². The predicted molar refractivity (Wildman–Crippen MR) is 97.3 cm³/mol. The van der Waals surface area contributed by atoms with E-state index in [1.165, 1.54) is 18.4 Å². The second-order valence-corrected chi connectivity index (χ2v) is 6.64. The summed E-state index contributed by atoms with van der Waals surface area (Å²) in [5.41, 5.74) is 5.02. The van der Waals surface area contributed by atoms with Gasteiger partial charge in [0.2, 0.25) is 0 Å². The van der Waals surface area contributed by atoms with Crippen LogP contribution in [0.2, 0.25) is 0 Å². The molecule has 0 saturated heterocycles. The lowest BCUT2D eigenvalue weighted by Gasteiger charge is -2.16. The van der Waals surface area contributed by atoms with Crippen LogP contribution in [0.4, 0.5) is 0 Å². The van der Waals surface area contributed by atoms with Gasteiger partial charge in [-0.1, -0.05) is 18.2 Å². The number of ether oxygens (including phenoxy) is 1. The first-order chi connectivity index (χ1) is 12.2. The van der Waals surface area contributed by atoms with E-state index in [9.17, 15) is 5.11 Å². The van der Waals surface area contributed by atoms with Crippen molar-refractivity contribution in [1.29, 1.82) is 0 Å². The lowest BCUT2D eigenvalue weighted by Crippen LogP contribution is -2.07. The summed E-state index contributed by atoms with van der Waals surface area (Å²) >= 11 is 0. The van der Waals surface area contributed by atoms with Crippen molar-refractivity contribution in [3.63, 3.8) is 0 Å².